The predicted molar refractivity (Wildman–Crippen MR) is 59.1 cm³/mol. The van der Waals surface area contributed by atoms with Crippen LogP contribution < -0.4 is 0 Å². The molecule has 0 fully saturated rings. The summed E-state index contributed by atoms with van der Waals surface area (Å²) in [5.74, 6) is 0. The highest BCUT2D eigenvalue weighted by Crippen LogP contribution is 2.31. The molecule has 0 bridgehead atoms. The van der Waals surface area contributed by atoms with Gasteiger partial charge >= 0.3 is 5.69 Å². The maximum absolute atomic E-state index is 10.9. The van der Waals surface area contributed by atoms with Crippen LogP contribution in [0.15, 0.2) is 36.7 Å². The molecule has 1 heterocycles. The predicted octanol–water partition coefficient (Wildman–Crippen LogP) is 2.71. The fourth-order valence-corrected chi connectivity index (χ4v) is 1.53. The summed E-state index contributed by atoms with van der Waals surface area (Å²) in [6, 6.07) is 8.82. The highest BCUT2D eigenvalue weighted by molar-refractivity contribution is 6.31. The van der Waals surface area contributed by atoms with Crippen LogP contribution in [0.4, 0.5) is 5.69 Å². The van der Waals surface area contributed by atoms with Crippen molar-refractivity contribution in [1.82, 2.24) is 9.97 Å². The Morgan fingerprint density at radius 2 is 1.88 bits per heavy atom. The first-order valence-corrected chi connectivity index (χ1v) is 4.78. The zero-order chi connectivity index (χ0) is 11.5. The second kappa shape index (κ2) is 4.24. The average molecular weight is 236 g/mol. The molecule has 2 aromatic rings. The molecule has 0 saturated heterocycles. The molecule has 0 aliphatic rings. The number of rotatable bonds is 2. The van der Waals surface area contributed by atoms with Crippen LogP contribution in [0, 0.1) is 10.1 Å². The Hall–Kier alpha value is -2.01. The number of halogens is 1. The van der Waals surface area contributed by atoms with Crippen LogP contribution in [-0.2, 0) is 0 Å². The van der Waals surface area contributed by atoms with Gasteiger partial charge in [0, 0.05) is 5.56 Å². The Balaban J connectivity index is 2.66. The van der Waals surface area contributed by atoms with Crippen molar-refractivity contribution in [3.8, 4) is 11.3 Å². The Bertz CT molecular complexity index is 531. The van der Waals surface area contributed by atoms with Gasteiger partial charge in [-0.05, 0) is 0 Å². The minimum absolute atomic E-state index is 0.154. The number of hydrogen-bond donors (Lipinski definition) is 0. The van der Waals surface area contributed by atoms with E-state index in [0.717, 1.165) is 0 Å². The molecule has 0 radical (unpaired) electrons. The molecule has 1 aromatic heterocycles. The van der Waals surface area contributed by atoms with Crippen molar-refractivity contribution in [3.63, 3.8) is 0 Å². The first kappa shape index (κ1) is 10.5. The van der Waals surface area contributed by atoms with Gasteiger partial charge in [0.05, 0.1) is 4.92 Å². The van der Waals surface area contributed by atoms with Crippen molar-refractivity contribution in [3.05, 3.63) is 51.9 Å². The van der Waals surface area contributed by atoms with Gasteiger partial charge < -0.3 is 0 Å². The summed E-state index contributed by atoms with van der Waals surface area (Å²) in [7, 11) is 0. The van der Waals surface area contributed by atoms with Gasteiger partial charge in [0.15, 0.2) is 5.69 Å². The van der Waals surface area contributed by atoms with E-state index in [4.69, 9.17) is 11.6 Å². The molecule has 5 nitrogen and oxygen atoms in total. The van der Waals surface area contributed by atoms with Crippen molar-refractivity contribution >= 4 is 17.3 Å². The van der Waals surface area contributed by atoms with Gasteiger partial charge in [0.25, 0.3) is 0 Å². The van der Waals surface area contributed by atoms with Gasteiger partial charge in [-0.1, -0.05) is 41.9 Å². The Morgan fingerprint density at radius 1 is 1.19 bits per heavy atom. The number of nitro groups is 1. The SMILES string of the molecule is O=[N+]([O-])c1c(Cl)ncnc1-c1ccccc1. The molecule has 2 rings (SSSR count). The molecule has 0 N–H and O–H groups in total. The van der Waals surface area contributed by atoms with E-state index in [2.05, 4.69) is 9.97 Å². The maximum atomic E-state index is 10.9. The lowest BCUT2D eigenvalue weighted by Gasteiger charge is -2.01. The zero-order valence-corrected chi connectivity index (χ0v) is 8.76. The lowest BCUT2D eigenvalue weighted by Crippen LogP contribution is -1.97. The van der Waals surface area contributed by atoms with Gasteiger partial charge in [0.2, 0.25) is 5.15 Å². The molecule has 80 valence electrons. The zero-order valence-electron chi connectivity index (χ0n) is 8.00. The summed E-state index contributed by atoms with van der Waals surface area (Å²) in [4.78, 5) is 17.8. The van der Waals surface area contributed by atoms with Crippen LogP contribution in [0.3, 0.4) is 0 Å². The van der Waals surface area contributed by atoms with E-state index in [0.29, 0.717) is 5.56 Å². The monoisotopic (exact) mass is 235 g/mol. The molecule has 0 amide bonds. The van der Waals surface area contributed by atoms with E-state index in [1.807, 2.05) is 6.07 Å². The summed E-state index contributed by atoms with van der Waals surface area (Å²) in [5, 5.41) is 10.7. The first-order valence-electron chi connectivity index (χ1n) is 4.40. The molecular weight excluding hydrogens is 230 g/mol. The summed E-state index contributed by atoms with van der Waals surface area (Å²) < 4.78 is 0. The minimum atomic E-state index is -0.579. The number of aromatic nitrogens is 2. The largest absolute Gasteiger partial charge is 0.332 e. The van der Waals surface area contributed by atoms with Gasteiger partial charge in [-0.25, -0.2) is 9.97 Å². The van der Waals surface area contributed by atoms with E-state index in [1.165, 1.54) is 6.33 Å². The van der Waals surface area contributed by atoms with E-state index in [1.54, 1.807) is 24.3 Å². The van der Waals surface area contributed by atoms with E-state index in [9.17, 15) is 10.1 Å². The topological polar surface area (TPSA) is 68.9 Å². The third kappa shape index (κ3) is 1.85. The lowest BCUT2D eigenvalue weighted by atomic mass is 10.1. The molecule has 0 spiro atoms. The lowest BCUT2D eigenvalue weighted by molar-refractivity contribution is -0.384. The molecule has 16 heavy (non-hydrogen) atoms. The fraction of sp³-hybridized carbons (Fsp3) is 0. The molecule has 1 aromatic carbocycles. The van der Waals surface area contributed by atoms with Gasteiger partial charge in [0.1, 0.15) is 6.33 Å². The first-order chi connectivity index (χ1) is 7.70. The number of nitrogens with zero attached hydrogens (tertiary/aromatic N) is 3. The molecular formula is C10H6ClN3O2. The Morgan fingerprint density at radius 3 is 2.50 bits per heavy atom. The second-order valence-electron chi connectivity index (χ2n) is 2.98. The van der Waals surface area contributed by atoms with Gasteiger partial charge in [-0.3, -0.25) is 10.1 Å². The molecule has 0 unspecified atom stereocenters. The maximum Gasteiger partial charge on any atom is 0.332 e. The number of hydrogen-bond acceptors (Lipinski definition) is 4. The molecule has 0 saturated carbocycles. The number of benzene rings is 1. The standard InChI is InChI=1S/C10H6ClN3O2/c11-10-9(14(15)16)8(12-6-13-10)7-4-2-1-3-5-7/h1-6H. The summed E-state index contributed by atoms with van der Waals surface area (Å²) >= 11 is 5.68. The third-order valence-electron chi connectivity index (χ3n) is 2.01. The van der Waals surface area contributed by atoms with E-state index in [-0.39, 0.29) is 16.5 Å². The van der Waals surface area contributed by atoms with Crippen molar-refractivity contribution in [2.45, 2.75) is 0 Å². The summed E-state index contributed by atoms with van der Waals surface area (Å²) in [6.45, 7) is 0. The molecule has 6 heteroatoms. The second-order valence-corrected chi connectivity index (χ2v) is 3.34. The normalized spacial score (nSPS) is 10.1. The minimum Gasteiger partial charge on any atom is -0.258 e. The summed E-state index contributed by atoms with van der Waals surface area (Å²) in [5.41, 5.74) is 0.597. The highest BCUT2D eigenvalue weighted by Gasteiger charge is 2.22. The van der Waals surface area contributed by atoms with Gasteiger partial charge in [-0.15, -0.1) is 0 Å². The van der Waals surface area contributed by atoms with Crippen LogP contribution in [-0.4, -0.2) is 14.9 Å². The van der Waals surface area contributed by atoms with Crippen LogP contribution in [0.25, 0.3) is 11.3 Å². The fourth-order valence-electron chi connectivity index (χ4n) is 1.33. The van der Waals surface area contributed by atoms with E-state index < -0.39 is 4.92 Å². The quantitative estimate of drug-likeness (QED) is 0.456. The Kier molecular flexibility index (Phi) is 2.78. The molecule has 0 atom stereocenters. The highest BCUT2D eigenvalue weighted by atomic mass is 35.5. The Labute approximate surface area is 95.9 Å². The van der Waals surface area contributed by atoms with Crippen molar-refractivity contribution in [2.24, 2.45) is 0 Å². The molecule has 0 aliphatic carbocycles. The smallest absolute Gasteiger partial charge is 0.258 e. The van der Waals surface area contributed by atoms with E-state index >= 15 is 0 Å². The molecule has 0 aliphatic heterocycles. The van der Waals surface area contributed by atoms with Crippen molar-refractivity contribution < 1.29 is 4.92 Å². The van der Waals surface area contributed by atoms with Crippen LogP contribution in [0.5, 0.6) is 0 Å². The average Bonchev–Trinajstić information content (AvgIpc) is 2.29. The summed E-state index contributed by atoms with van der Waals surface area (Å²) in [6.07, 6.45) is 1.21. The van der Waals surface area contributed by atoms with Crippen LogP contribution in [0.2, 0.25) is 5.15 Å². The van der Waals surface area contributed by atoms with Crippen molar-refractivity contribution in [1.29, 1.82) is 0 Å². The van der Waals surface area contributed by atoms with Crippen LogP contribution in [0.1, 0.15) is 0 Å². The van der Waals surface area contributed by atoms with Crippen LogP contribution >= 0.6 is 11.6 Å². The third-order valence-corrected chi connectivity index (χ3v) is 2.28. The van der Waals surface area contributed by atoms with Crippen molar-refractivity contribution in [2.75, 3.05) is 0 Å². The van der Waals surface area contributed by atoms with Gasteiger partial charge in [-0.2, -0.15) is 0 Å².